The van der Waals surface area contributed by atoms with Gasteiger partial charge in [0.2, 0.25) is 5.91 Å². The Morgan fingerprint density at radius 3 is 2.60 bits per heavy atom. The molecule has 0 heterocycles. The normalized spacial score (nSPS) is 31.2. The second-order valence-corrected chi connectivity index (χ2v) is 10.2. The summed E-state index contributed by atoms with van der Waals surface area (Å²) >= 11 is 0. The zero-order valence-electron chi connectivity index (χ0n) is 18.8. The Bertz CT molecular complexity index is 826. The number of allylic oxidation sites excluding steroid dienone is 2. The van der Waals surface area contributed by atoms with Gasteiger partial charge in [-0.15, -0.1) is 0 Å². The molecular formula is C26H36FNO2. The van der Waals surface area contributed by atoms with Gasteiger partial charge >= 0.3 is 0 Å². The standard InChI is InChI=1S/C26H36FNO2/c1-17(16-24(30)28-20-10-8-19(27)9-11-20)6-12-21-18(2)7-13-22-25(3,4)23(29)14-15-26(21,22)5/h8-11,16,21-23,29H,2,6-7,12-15H2,1,3-5H3,(H,28,30)/b17-16+/t21-,22-,23-,26+/m1/s1. The van der Waals surface area contributed by atoms with Crippen LogP contribution >= 0.6 is 0 Å². The highest BCUT2D eigenvalue weighted by Gasteiger charge is 2.55. The van der Waals surface area contributed by atoms with Gasteiger partial charge in [0.05, 0.1) is 6.10 Å². The minimum atomic E-state index is -0.322. The van der Waals surface area contributed by atoms with E-state index in [1.54, 1.807) is 18.2 Å². The van der Waals surface area contributed by atoms with E-state index in [2.05, 4.69) is 32.7 Å². The highest BCUT2D eigenvalue weighted by Crippen LogP contribution is 2.61. The summed E-state index contributed by atoms with van der Waals surface area (Å²) in [5.41, 5.74) is 3.01. The number of hydrogen-bond donors (Lipinski definition) is 2. The maximum absolute atomic E-state index is 13.0. The molecule has 30 heavy (non-hydrogen) atoms. The summed E-state index contributed by atoms with van der Waals surface area (Å²) in [7, 11) is 0. The molecule has 0 aliphatic heterocycles. The maximum atomic E-state index is 13.0. The van der Waals surface area contributed by atoms with Crippen LogP contribution in [0.3, 0.4) is 0 Å². The van der Waals surface area contributed by atoms with Gasteiger partial charge in [0.1, 0.15) is 5.82 Å². The molecule has 164 valence electrons. The molecule has 2 fully saturated rings. The first-order valence-electron chi connectivity index (χ1n) is 11.1. The first-order chi connectivity index (χ1) is 14.0. The second kappa shape index (κ2) is 8.66. The number of aliphatic hydroxyl groups is 1. The molecule has 2 aliphatic rings. The largest absolute Gasteiger partial charge is 0.393 e. The van der Waals surface area contributed by atoms with Gasteiger partial charge in [0.15, 0.2) is 0 Å². The van der Waals surface area contributed by atoms with E-state index in [9.17, 15) is 14.3 Å². The van der Waals surface area contributed by atoms with E-state index < -0.39 is 0 Å². The molecule has 4 atom stereocenters. The quantitative estimate of drug-likeness (QED) is 0.442. The molecule has 0 saturated heterocycles. The number of rotatable bonds is 5. The molecule has 0 bridgehead atoms. The average molecular weight is 414 g/mol. The third-order valence-corrected chi connectivity index (χ3v) is 7.87. The highest BCUT2D eigenvalue weighted by atomic mass is 19.1. The van der Waals surface area contributed by atoms with Crippen molar-refractivity contribution >= 4 is 11.6 Å². The fourth-order valence-electron chi connectivity index (χ4n) is 6.08. The Balaban J connectivity index is 1.65. The zero-order valence-corrected chi connectivity index (χ0v) is 18.8. The van der Waals surface area contributed by atoms with E-state index in [1.807, 2.05) is 6.92 Å². The average Bonchev–Trinajstić information content (AvgIpc) is 2.66. The third kappa shape index (κ3) is 4.54. The summed E-state index contributed by atoms with van der Waals surface area (Å²) in [6, 6.07) is 5.78. The number of carbonyl (C=O) groups excluding carboxylic acids is 1. The number of hydrogen-bond acceptors (Lipinski definition) is 2. The summed E-state index contributed by atoms with van der Waals surface area (Å²) in [6.45, 7) is 13.2. The predicted octanol–water partition coefficient (Wildman–Crippen LogP) is 6.26. The van der Waals surface area contributed by atoms with E-state index in [0.717, 1.165) is 44.1 Å². The van der Waals surface area contributed by atoms with Crippen molar-refractivity contribution in [2.24, 2.45) is 22.7 Å². The molecule has 0 aromatic heterocycles. The van der Waals surface area contributed by atoms with Gasteiger partial charge in [-0.1, -0.05) is 38.5 Å². The smallest absolute Gasteiger partial charge is 0.248 e. The number of halogens is 1. The Morgan fingerprint density at radius 1 is 1.27 bits per heavy atom. The van der Waals surface area contributed by atoms with Gasteiger partial charge in [-0.2, -0.15) is 0 Å². The van der Waals surface area contributed by atoms with Crippen molar-refractivity contribution in [3.8, 4) is 0 Å². The molecule has 2 saturated carbocycles. The van der Waals surface area contributed by atoms with Crippen LogP contribution in [-0.2, 0) is 4.79 Å². The Labute approximate surface area is 180 Å². The first kappa shape index (κ1) is 22.7. The lowest BCUT2D eigenvalue weighted by molar-refractivity contribution is -0.124. The molecule has 1 aromatic rings. The summed E-state index contributed by atoms with van der Waals surface area (Å²) < 4.78 is 13.0. The molecule has 3 rings (SSSR count). The van der Waals surface area contributed by atoms with Crippen LogP contribution in [0.4, 0.5) is 10.1 Å². The minimum Gasteiger partial charge on any atom is -0.393 e. The van der Waals surface area contributed by atoms with Gasteiger partial charge in [0.25, 0.3) is 0 Å². The lowest BCUT2D eigenvalue weighted by Gasteiger charge is -2.59. The lowest BCUT2D eigenvalue weighted by atomic mass is 9.46. The first-order valence-corrected chi connectivity index (χ1v) is 11.1. The monoisotopic (exact) mass is 413 g/mol. The number of nitrogens with one attached hydrogen (secondary N) is 1. The van der Waals surface area contributed by atoms with Crippen LogP contribution in [0.5, 0.6) is 0 Å². The van der Waals surface area contributed by atoms with Crippen LogP contribution < -0.4 is 5.32 Å². The Morgan fingerprint density at radius 2 is 1.93 bits per heavy atom. The molecular weight excluding hydrogens is 377 g/mol. The van der Waals surface area contributed by atoms with Crippen LogP contribution in [-0.4, -0.2) is 17.1 Å². The van der Waals surface area contributed by atoms with Crippen molar-refractivity contribution in [2.45, 2.75) is 72.3 Å². The van der Waals surface area contributed by atoms with Crippen LogP contribution in [0.2, 0.25) is 0 Å². The van der Waals surface area contributed by atoms with Crippen molar-refractivity contribution in [1.82, 2.24) is 0 Å². The lowest BCUT2D eigenvalue weighted by Crippen LogP contribution is -2.54. The molecule has 0 radical (unpaired) electrons. The maximum Gasteiger partial charge on any atom is 0.248 e. The van der Waals surface area contributed by atoms with E-state index in [4.69, 9.17) is 0 Å². The van der Waals surface area contributed by atoms with E-state index >= 15 is 0 Å². The van der Waals surface area contributed by atoms with Crippen LogP contribution in [0.1, 0.15) is 66.2 Å². The molecule has 1 amide bonds. The summed E-state index contributed by atoms with van der Waals surface area (Å²) in [5, 5.41) is 13.4. The molecule has 1 aromatic carbocycles. The van der Waals surface area contributed by atoms with E-state index in [1.165, 1.54) is 17.7 Å². The fraction of sp³-hybridized carbons (Fsp3) is 0.577. The molecule has 0 spiro atoms. The van der Waals surface area contributed by atoms with Gasteiger partial charge in [-0.3, -0.25) is 4.79 Å². The predicted molar refractivity (Wildman–Crippen MR) is 121 cm³/mol. The topological polar surface area (TPSA) is 49.3 Å². The molecule has 0 unspecified atom stereocenters. The van der Waals surface area contributed by atoms with Gasteiger partial charge < -0.3 is 10.4 Å². The summed E-state index contributed by atoms with van der Waals surface area (Å²) in [6.07, 6.45) is 7.22. The van der Waals surface area contributed by atoms with Crippen molar-refractivity contribution < 1.29 is 14.3 Å². The molecule has 4 heteroatoms. The SMILES string of the molecule is C=C1CC[C@@H]2C(C)(C)[C@H](O)CC[C@@]2(C)[C@@H]1CC/C(C)=C/C(=O)Nc1ccc(F)cc1. The summed E-state index contributed by atoms with van der Waals surface area (Å²) in [5.74, 6) is 0.382. The number of anilines is 1. The van der Waals surface area contributed by atoms with Crippen molar-refractivity contribution in [1.29, 1.82) is 0 Å². The second-order valence-electron chi connectivity index (χ2n) is 10.2. The third-order valence-electron chi connectivity index (χ3n) is 7.87. The van der Waals surface area contributed by atoms with Gasteiger partial charge in [-0.05, 0) is 92.4 Å². The molecule has 2 N–H and O–H groups in total. The zero-order chi connectivity index (χ0) is 22.1. The Kier molecular flexibility index (Phi) is 6.57. The number of carbonyl (C=O) groups is 1. The fourth-order valence-corrected chi connectivity index (χ4v) is 6.08. The number of aliphatic hydroxyl groups excluding tert-OH is 1. The van der Waals surface area contributed by atoms with Crippen LogP contribution in [0.15, 0.2) is 48.1 Å². The van der Waals surface area contributed by atoms with Crippen LogP contribution in [0.25, 0.3) is 0 Å². The molecule has 3 nitrogen and oxygen atoms in total. The summed E-state index contributed by atoms with van der Waals surface area (Å²) in [4.78, 5) is 12.3. The van der Waals surface area contributed by atoms with E-state index in [0.29, 0.717) is 17.5 Å². The highest BCUT2D eigenvalue weighted by molar-refractivity contribution is 5.99. The van der Waals surface area contributed by atoms with Crippen LogP contribution in [0, 0.1) is 28.5 Å². The van der Waals surface area contributed by atoms with Gasteiger partial charge in [0, 0.05) is 11.8 Å². The van der Waals surface area contributed by atoms with E-state index in [-0.39, 0.29) is 28.7 Å². The Hall–Kier alpha value is -1.94. The minimum absolute atomic E-state index is 0.0775. The number of benzene rings is 1. The number of amides is 1. The number of fused-ring (bicyclic) bond motifs is 1. The van der Waals surface area contributed by atoms with Gasteiger partial charge in [-0.25, -0.2) is 4.39 Å². The molecule has 2 aliphatic carbocycles. The van der Waals surface area contributed by atoms with Crippen molar-refractivity contribution in [3.05, 3.63) is 53.9 Å². The van der Waals surface area contributed by atoms with Crippen molar-refractivity contribution in [3.63, 3.8) is 0 Å². The van der Waals surface area contributed by atoms with Crippen molar-refractivity contribution in [2.75, 3.05) is 5.32 Å².